The van der Waals surface area contributed by atoms with E-state index in [1.165, 1.54) is 0 Å². The fourth-order valence-electron chi connectivity index (χ4n) is 4.43. The van der Waals surface area contributed by atoms with Crippen LogP contribution in [0.5, 0.6) is 0 Å². The van der Waals surface area contributed by atoms with Crippen LogP contribution in [0.15, 0.2) is 0 Å². The van der Waals surface area contributed by atoms with Crippen LogP contribution < -0.4 is 16.8 Å². The van der Waals surface area contributed by atoms with E-state index in [9.17, 15) is 19.8 Å². The van der Waals surface area contributed by atoms with E-state index in [4.69, 9.17) is 22.0 Å². The second-order valence-corrected chi connectivity index (χ2v) is 9.42. The van der Waals surface area contributed by atoms with Crippen molar-refractivity contribution in [2.24, 2.45) is 23.3 Å². The second-order valence-electron chi connectivity index (χ2n) is 9.42. The highest BCUT2D eigenvalue weighted by atomic mass is 16.4. The Morgan fingerprint density at radius 1 is 1.09 bits per heavy atom. The molecule has 0 spiro atoms. The standard InChI is InChI=1S/C20H36O5.C5H14N4/c1-2-3-6-9-15(21)12-13-17-16(18(22)14-19(17)23)10-7-4-5-8-11-20(24)25;6-3-1-2-4-9-5(7)8/h15-17,19,21,23H,2-14H2,1H3,(H,24,25);1-4,6H2,(H4,7,8,9)/t15-,16+,17+,19+;/m0./s1. The van der Waals surface area contributed by atoms with Gasteiger partial charge in [0.25, 0.3) is 0 Å². The molecular weight excluding hydrogens is 436 g/mol. The maximum Gasteiger partial charge on any atom is 0.303 e. The Morgan fingerprint density at radius 3 is 2.41 bits per heavy atom. The van der Waals surface area contributed by atoms with Crippen molar-refractivity contribution in [3.05, 3.63) is 0 Å². The summed E-state index contributed by atoms with van der Waals surface area (Å²) in [5.41, 5.74) is 10.2. The molecule has 1 fully saturated rings. The number of ketones is 1. The van der Waals surface area contributed by atoms with E-state index in [2.05, 4.69) is 12.2 Å². The number of rotatable bonds is 18. The fourth-order valence-corrected chi connectivity index (χ4v) is 4.43. The summed E-state index contributed by atoms with van der Waals surface area (Å²) < 4.78 is 0. The lowest BCUT2D eigenvalue weighted by Gasteiger charge is -2.22. The number of hydrogen-bond acceptors (Lipinski definition) is 6. The minimum atomic E-state index is -0.758. The van der Waals surface area contributed by atoms with Gasteiger partial charge in [-0.25, -0.2) is 0 Å². The first-order valence-electron chi connectivity index (χ1n) is 13.1. The molecule has 0 aromatic rings. The van der Waals surface area contributed by atoms with Gasteiger partial charge in [-0.15, -0.1) is 0 Å². The number of nitrogens with one attached hydrogen (secondary N) is 2. The van der Waals surface area contributed by atoms with Gasteiger partial charge in [-0.2, -0.15) is 0 Å². The lowest BCUT2D eigenvalue weighted by molar-refractivity contribution is -0.137. The quantitative estimate of drug-likeness (QED) is 0.0876. The molecule has 9 heteroatoms. The van der Waals surface area contributed by atoms with Crippen LogP contribution >= 0.6 is 0 Å². The third-order valence-corrected chi connectivity index (χ3v) is 6.41. The summed E-state index contributed by atoms with van der Waals surface area (Å²) in [6, 6.07) is 0. The van der Waals surface area contributed by atoms with Crippen LogP contribution in [0.1, 0.15) is 103 Å². The molecule has 200 valence electrons. The Morgan fingerprint density at radius 2 is 1.79 bits per heavy atom. The number of carboxylic acid groups (broad SMARTS) is 1. The van der Waals surface area contributed by atoms with Gasteiger partial charge in [-0.05, 0) is 57.4 Å². The van der Waals surface area contributed by atoms with E-state index >= 15 is 0 Å². The second kappa shape index (κ2) is 20.6. The lowest BCUT2D eigenvalue weighted by Crippen LogP contribution is -2.31. The Labute approximate surface area is 205 Å². The molecule has 0 aliphatic heterocycles. The summed E-state index contributed by atoms with van der Waals surface area (Å²) >= 11 is 0. The normalized spacial score (nSPS) is 20.5. The van der Waals surface area contributed by atoms with Crippen molar-refractivity contribution in [3.8, 4) is 0 Å². The Balaban J connectivity index is 0.00000102. The smallest absolute Gasteiger partial charge is 0.303 e. The highest BCUT2D eigenvalue weighted by molar-refractivity contribution is 5.84. The van der Waals surface area contributed by atoms with Crippen molar-refractivity contribution >= 4 is 17.7 Å². The van der Waals surface area contributed by atoms with E-state index in [1.54, 1.807) is 0 Å². The number of guanidine groups is 1. The van der Waals surface area contributed by atoms with Crippen molar-refractivity contribution in [1.29, 1.82) is 5.41 Å². The predicted octanol–water partition coefficient (Wildman–Crippen LogP) is 2.91. The van der Waals surface area contributed by atoms with Gasteiger partial charge in [0.1, 0.15) is 5.78 Å². The zero-order valence-corrected chi connectivity index (χ0v) is 21.1. The molecule has 0 unspecified atom stereocenters. The highest BCUT2D eigenvalue weighted by Gasteiger charge is 2.40. The fraction of sp³-hybridized carbons (Fsp3) is 0.880. The SMILES string of the molecule is CCCCC[C@H](O)CC[C@H]1[C@H](O)CC(=O)[C@@H]1CCCCCCC(=O)O.N=C(N)NCCCCN. The summed E-state index contributed by atoms with van der Waals surface area (Å²) in [7, 11) is 0. The molecule has 34 heavy (non-hydrogen) atoms. The van der Waals surface area contributed by atoms with Crippen LogP contribution in [0.4, 0.5) is 0 Å². The molecule has 1 rings (SSSR count). The van der Waals surface area contributed by atoms with Gasteiger partial charge in [0.2, 0.25) is 0 Å². The zero-order chi connectivity index (χ0) is 25.8. The summed E-state index contributed by atoms with van der Waals surface area (Å²) in [5, 5.41) is 38.3. The molecule has 0 saturated heterocycles. The number of aliphatic carboxylic acids is 1. The van der Waals surface area contributed by atoms with Gasteiger partial charge in [-0.3, -0.25) is 15.0 Å². The molecule has 9 N–H and O–H groups in total. The van der Waals surface area contributed by atoms with Crippen LogP contribution in [0, 0.1) is 17.2 Å². The monoisotopic (exact) mass is 486 g/mol. The molecule has 4 atom stereocenters. The van der Waals surface area contributed by atoms with E-state index in [1.807, 2.05) is 0 Å². The van der Waals surface area contributed by atoms with Gasteiger partial charge < -0.3 is 32.1 Å². The van der Waals surface area contributed by atoms with Gasteiger partial charge >= 0.3 is 5.97 Å². The average molecular weight is 487 g/mol. The van der Waals surface area contributed by atoms with Crippen molar-refractivity contribution in [2.45, 2.75) is 115 Å². The van der Waals surface area contributed by atoms with Crippen LogP contribution in [0.3, 0.4) is 0 Å². The number of carboxylic acids is 1. The number of nitrogens with two attached hydrogens (primary N) is 2. The number of Topliss-reactive ketones (excluding diaryl/α,β-unsaturated/α-hetero) is 1. The summed E-state index contributed by atoms with van der Waals surface area (Å²) in [5.74, 6) is -0.674. The van der Waals surface area contributed by atoms with Gasteiger partial charge in [0, 0.05) is 25.3 Å². The van der Waals surface area contributed by atoms with Gasteiger partial charge in [-0.1, -0.05) is 45.4 Å². The Kier molecular flexibility index (Phi) is 19.6. The maximum atomic E-state index is 12.2. The summed E-state index contributed by atoms with van der Waals surface area (Å²) in [6.45, 7) is 3.60. The van der Waals surface area contributed by atoms with E-state index in [-0.39, 0.29) is 42.5 Å². The maximum absolute atomic E-state index is 12.2. The van der Waals surface area contributed by atoms with Crippen molar-refractivity contribution in [2.75, 3.05) is 13.1 Å². The van der Waals surface area contributed by atoms with Gasteiger partial charge in [0.15, 0.2) is 5.96 Å². The van der Waals surface area contributed by atoms with Crippen molar-refractivity contribution < 1.29 is 24.9 Å². The average Bonchev–Trinajstić information content (AvgIpc) is 3.04. The molecular formula is C25H50N4O5. The van der Waals surface area contributed by atoms with Crippen LogP contribution in [0.2, 0.25) is 0 Å². The molecule has 0 amide bonds. The third-order valence-electron chi connectivity index (χ3n) is 6.41. The van der Waals surface area contributed by atoms with Crippen LogP contribution in [-0.2, 0) is 9.59 Å². The minimum absolute atomic E-state index is 0.0210. The van der Waals surface area contributed by atoms with Crippen molar-refractivity contribution in [3.63, 3.8) is 0 Å². The first-order chi connectivity index (χ1) is 16.2. The highest BCUT2D eigenvalue weighted by Crippen LogP contribution is 2.36. The largest absolute Gasteiger partial charge is 0.481 e. The van der Waals surface area contributed by atoms with E-state index in [0.29, 0.717) is 25.8 Å². The molecule has 0 radical (unpaired) electrons. The molecule has 0 aromatic carbocycles. The summed E-state index contributed by atoms with van der Waals surface area (Å²) in [4.78, 5) is 22.6. The number of carbonyl (C=O) groups excluding carboxylic acids is 1. The van der Waals surface area contributed by atoms with E-state index in [0.717, 1.165) is 70.8 Å². The molecule has 0 aromatic heterocycles. The van der Waals surface area contributed by atoms with Crippen LogP contribution in [0.25, 0.3) is 0 Å². The number of aliphatic hydroxyl groups is 2. The van der Waals surface area contributed by atoms with E-state index < -0.39 is 12.1 Å². The molecule has 1 aliphatic carbocycles. The Hall–Kier alpha value is -1.71. The molecule has 1 saturated carbocycles. The first kappa shape index (κ1) is 32.3. The number of carbonyl (C=O) groups is 2. The molecule has 1 aliphatic rings. The topological polar surface area (TPSA) is 183 Å². The number of unbranched alkanes of at least 4 members (excludes halogenated alkanes) is 6. The Bertz CT molecular complexity index is 561. The van der Waals surface area contributed by atoms with Crippen molar-refractivity contribution in [1.82, 2.24) is 5.32 Å². The number of hydrogen-bond donors (Lipinski definition) is 7. The third kappa shape index (κ3) is 16.8. The summed E-state index contributed by atoms with van der Waals surface area (Å²) in [6.07, 6.45) is 11.2. The zero-order valence-electron chi connectivity index (χ0n) is 21.1. The minimum Gasteiger partial charge on any atom is -0.481 e. The first-order valence-corrected chi connectivity index (χ1v) is 13.1. The lowest BCUT2D eigenvalue weighted by atomic mass is 9.85. The molecule has 0 heterocycles. The molecule has 0 bridgehead atoms. The number of aliphatic hydroxyl groups excluding tert-OH is 2. The predicted molar refractivity (Wildman–Crippen MR) is 136 cm³/mol. The van der Waals surface area contributed by atoms with Gasteiger partial charge in [0.05, 0.1) is 12.2 Å². The molecule has 9 nitrogen and oxygen atoms in total. The van der Waals surface area contributed by atoms with Crippen LogP contribution in [-0.4, -0.2) is 58.3 Å².